The standard InChI is InChI=1S/C11H22N2O2/c1-11(2,3)15-10(14)13-7-8-4-5-9(12)6-8/h8-9H,4-7,12H2,1-3H3,(H,13,14)/t8-,9-/m1/s1. The van der Waals surface area contributed by atoms with E-state index in [2.05, 4.69) is 5.32 Å². The molecule has 0 aromatic rings. The zero-order valence-electron chi connectivity index (χ0n) is 9.88. The first kappa shape index (κ1) is 12.3. The van der Waals surface area contributed by atoms with Crippen molar-refractivity contribution in [2.75, 3.05) is 6.54 Å². The van der Waals surface area contributed by atoms with Crippen molar-refractivity contribution in [3.63, 3.8) is 0 Å². The highest BCUT2D eigenvalue weighted by Gasteiger charge is 2.23. The molecule has 88 valence electrons. The van der Waals surface area contributed by atoms with Crippen molar-refractivity contribution in [3.05, 3.63) is 0 Å². The first-order valence-corrected chi connectivity index (χ1v) is 5.59. The highest BCUT2D eigenvalue weighted by Crippen LogP contribution is 2.23. The maximum atomic E-state index is 11.3. The van der Waals surface area contributed by atoms with Gasteiger partial charge < -0.3 is 15.8 Å². The van der Waals surface area contributed by atoms with Crippen molar-refractivity contribution in [2.24, 2.45) is 11.7 Å². The molecule has 4 nitrogen and oxygen atoms in total. The molecular weight excluding hydrogens is 192 g/mol. The summed E-state index contributed by atoms with van der Waals surface area (Å²) in [4.78, 5) is 11.3. The van der Waals surface area contributed by atoms with E-state index < -0.39 is 5.60 Å². The lowest BCUT2D eigenvalue weighted by Gasteiger charge is -2.20. The minimum atomic E-state index is -0.420. The number of carbonyl (C=O) groups is 1. The zero-order valence-corrected chi connectivity index (χ0v) is 9.88. The Kier molecular flexibility index (Phi) is 3.97. The maximum absolute atomic E-state index is 11.3. The predicted molar refractivity (Wildman–Crippen MR) is 59.6 cm³/mol. The minimum absolute atomic E-state index is 0.315. The minimum Gasteiger partial charge on any atom is -0.444 e. The fourth-order valence-corrected chi connectivity index (χ4v) is 1.84. The lowest BCUT2D eigenvalue weighted by molar-refractivity contribution is 0.0519. The van der Waals surface area contributed by atoms with Gasteiger partial charge in [-0.05, 0) is 46.0 Å². The third-order valence-electron chi connectivity index (χ3n) is 2.52. The molecular formula is C11H22N2O2. The number of carbonyl (C=O) groups excluding carboxylic acids is 1. The predicted octanol–water partition coefficient (Wildman–Crippen LogP) is 1.64. The average molecular weight is 214 g/mol. The molecule has 2 atom stereocenters. The van der Waals surface area contributed by atoms with Crippen molar-refractivity contribution in [3.8, 4) is 0 Å². The van der Waals surface area contributed by atoms with Gasteiger partial charge in [0, 0.05) is 12.6 Å². The molecule has 15 heavy (non-hydrogen) atoms. The monoisotopic (exact) mass is 214 g/mol. The van der Waals surface area contributed by atoms with Gasteiger partial charge in [0.15, 0.2) is 0 Å². The second-order valence-electron chi connectivity index (χ2n) is 5.32. The molecule has 0 bridgehead atoms. The van der Waals surface area contributed by atoms with Crippen LogP contribution < -0.4 is 11.1 Å². The average Bonchev–Trinajstić information content (AvgIpc) is 2.45. The molecule has 0 radical (unpaired) electrons. The van der Waals surface area contributed by atoms with Crippen molar-refractivity contribution in [2.45, 2.75) is 51.7 Å². The molecule has 1 aliphatic carbocycles. The normalized spacial score (nSPS) is 26.4. The van der Waals surface area contributed by atoms with Crippen LogP contribution in [0.4, 0.5) is 4.79 Å². The lowest BCUT2D eigenvalue weighted by atomic mass is 10.1. The summed E-state index contributed by atoms with van der Waals surface area (Å²) in [5, 5.41) is 2.78. The summed E-state index contributed by atoms with van der Waals surface area (Å²) in [5.74, 6) is 0.521. The SMILES string of the molecule is CC(C)(C)OC(=O)NC[C@@H]1CC[C@@H](N)C1. The summed E-state index contributed by atoms with van der Waals surface area (Å²) in [6, 6.07) is 0.315. The molecule has 1 saturated carbocycles. The van der Waals surface area contributed by atoms with Gasteiger partial charge in [-0.1, -0.05) is 0 Å². The number of alkyl carbamates (subject to hydrolysis) is 1. The molecule has 4 heteroatoms. The van der Waals surface area contributed by atoms with Crippen LogP contribution in [-0.2, 0) is 4.74 Å². The maximum Gasteiger partial charge on any atom is 0.407 e. The number of hydrogen-bond donors (Lipinski definition) is 2. The molecule has 0 aromatic heterocycles. The van der Waals surface area contributed by atoms with Crippen molar-refractivity contribution >= 4 is 6.09 Å². The van der Waals surface area contributed by atoms with Crippen LogP contribution in [0.15, 0.2) is 0 Å². The third-order valence-corrected chi connectivity index (χ3v) is 2.52. The Hall–Kier alpha value is -0.770. The Morgan fingerprint density at radius 1 is 1.47 bits per heavy atom. The van der Waals surface area contributed by atoms with Crippen LogP contribution in [0.3, 0.4) is 0 Å². The van der Waals surface area contributed by atoms with E-state index in [-0.39, 0.29) is 6.09 Å². The molecule has 1 aliphatic rings. The van der Waals surface area contributed by atoms with Crippen LogP contribution in [-0.4, -0.2) is 24.3 Å². The van der Waals surface area contributed by atoms with Crippen molar-refractivity contribution in [1.82, 2.24) is 5.32 Å². The van der Waals surface area contributed by atoms with Crippen molar-refractivity contribution in [1.29, 1.82) is 0 Å². The fourth-order valence-electron chi connectivity index (χ4n) is 1.84. The van der Waals surface area contributed by atoms with Crippen LogP contribution in [0.25, 0.3) is 0 Å². The Morgan fingerprint density at radius 2 is 2.13 bits per heavy atom. The summed E-state index contributed by atoms with van der Waals surface area (Å²) in [5.41, 5.74) is 5.37. The van der Waals surface area contributed by atoms with Gasteiger partial charge in [-0.2, -0.15) is 0 Å². The number of nitrogens with one attached hydrogen (secondary N) is 1. The Morgan fingerprint density at radius 3 is 2.60 bits per heavy atom. The first-order chi connectivity index (χ1) is 6.87. The number of nitrogens with two attached hydrogens (primary N) is 1. The van der Waals surface area contributed by atoms with Gasteiger partial charge in [0.2, 0.25) is 0 Å². The van der Waals surface area contributed by atoms with Crippen LogP contribution in [0.1, 0.15) is 40.0 Å². The quantitative estimate of drug-likeness (QED) is 0.734. The summed E-state index contributed by atoms with van der Waals surface area (Å²) >= 11 is 0. The molecule has 1 rings (SSSR count). The Labute approximate surface area is 91.5 Å². The first-order valence-electron chi connectivity index (χ1n) is 5.59. The van der Waals surface area contributed by atoms with Gasteiger partial charge in [0.1, 0.15) is 5.60 Å². The smallest absolute Gasteiger partial charge is 0.407 e. The zero-order chi connectivity index (χ0) is 11.5. The van der Waals surface area contributed by atoms with Gasteiger partial charge in [-0.3, -0.25) is 0 Å². The van der Waals surface area contributed by atoms with E-state index in [4.69, 9.17) is 10.5 Å². The van der Waals surface area contributed by atoms with E-state index in [9.17, 15) is 4.79 Å². The van der Waals surface area contributed by atoms with Crippen molar-refractivity contribution < 1.29 is 9.53 Å². The second kappa shape index (κ2) is 4.84. The number of rotatable bonds is 2. The van der Waals surface area contributed by atoms with Crippen LogP contribution in [0.2, 0.25) is 0 Å². The van der Waals surface area contributed by atoms with Crippen LogP contribution >= 0.6 is 0 Å². The Bertz CT molecular complexity index is 223. The lowest BCUT2D eigenvalue weighted by Crippen LogP contribution is -2.35. The third kappa shape index (κ3) is 5.02. The summed E-state index contributed by atoms with van der Waals surface area (Å²) in [7, 11) is 0. The summed E-state index contributed by atoms with van der Waals surface area (Å²) in [6.45, 7) is 6.26. The highest BCUT2D eigenvalue weighted by molar-refractivity contribution is 5.67. The molecule has 0 heterocycles. The van der Waals surface area contributed by atoms with E-state index in [0.29, 0.717) is 18.5 Å². The van der Waals surface area contributed by atoms with E-state index in [0.717, 1.165) is 19.3 Å². The number of hydrogen-bond acceptors (Lipinski definition) is 3. The Balaban J connectivity index is 2.17. The molecule has 1 fully saturated rings. The molecule has 0 spiro atoms. The van der Waals surface area contributed by atoms with Gasteiger partial charge >= 0.3 is 6.09 Å². The van der Waals surface area contributed by atoms with Gasteiger partial charge in [0.25, 0.3) is 0 Å². The molecule has 1 amide bonds. The van der Waals surface area contributed by atoms with E-state index in [1.165, 1.54) is 0 Å². The molecule has 3 N–H and O–H groups in total. The van der Waals surface area contributed by atoms with Crippen LogP contribution in [0, 0.1) is 5.92 Å². The van der Waals surface area contributed by atoms with Gasteiger partial charge in [-0.15, -0.1) is 0 Å². The summed E-state index contributed by atoms with van der Waals surface area (Å²) in [6.07, 6.45) is 2.86. The highest BCUT2D eigenvalue weighted by atomic mass is 16.6. The van der Waals surface area contributed by atoms with E-state index in [1.807, 2.05) is 20.8 Å². The number of ether oxygens (including phenoxy) is 1. The van der Waals surface area contributed by atoms with Crippen LogP contribution in [0.5, 0.6) is 0 Å². The molecule has 0 saturated heterocycles. The van der Waals surface area contributed by atoms with Gasteiger partial charge in [-0.25, -0.2) is 4.79 Å². The largest absolute Gasteiger partial charge is 0.444 e. The fraction of sp³-hybridized carbons (Fsp3) is 0.909. The molecule has 0 aromatic carbocycles. The van der Waals surface area contributed by atoms with E-state index in [1.54, 1.807) is 0 Å². The second-order valence-corrected chi connectivity index (χ2v) is 5.32. The summed E-state index contributed by atoms with van der Waals surface area (Å²) < 4.78 is 5.14. The molecule has 0 aliphatic heterocycles. The molecule has 0 unspecified atom stereocenters. The number of amides is 1. The van der Waals surface area contributed by atoms with Gasteiger partial charge in [0.05, 0.1) is 0 Å². The topological polar surface area (TPSA) is 64.3 Å². The van der Waals surface area contributed by atoms with E-state index >= 15 is 0 Å².